The first-order valence-electron chi connectivity index (χ1n) is 7.97. The van der Waals surface area contributed by atoms with E-state index in [1.165, 1.54) is 0 Å². The van der Waals surface area contributed by atoms with Crippen molar-refractivity contribution >= 4 is 16.7 Å². The van der Waals surface area contributed by atoms with E-state index in [0.717, 1.165) is 39.9 Å². The van der Waals surface area contributed by atoms with E-state index < -0.39 is 11.6 Å². The molecule has 5 rings (SSSR count). The molecule has 0 spiro atoms. The molecule has 0 bridgehead atoms. The molecule has 2 N–H and O–H groups in total. The topological polar surface area (TPSA) is 61.3 Å². The maximum atomic E-state index is 13.5. The van der Waals surface area contributed by atoms with E-state index in [2.05, 4.69) is 15.1 Å². The summed E-state index contributed by atoms with van der Waals surface area (Å²) in [6, 6.07) is 15.4. The highest BCUT2D eigenvalue weighted by Crippen LogP contribution is 2.42. The predicted molar refractivity (Wildman–Crippen MR) is 94.3 cm³/mol. The van der Waals surface area contributed by atoms with Gasteiger partial charge in [-0.2, -0.15) is 0 Å². The Kier molecular flexibility index (Phi) is 2.97. The minimum atomic E-state index is -0.936. The lowest BCUT2D eigenvalue weighted by atomic mass is 9.99. The van der Waals surface area contributed by atoms with Crippen LogP contribution in [0.3, 0.4) is 0 Å². The molecule has 0 fully saturated rings. The van der Waals surface area contributed by atoms with Crippen molar-refractivity contribution in [3.05, 3.63) is 77.4 Å². The molecule has 3 aromatic carbocycles. The molecule has 0 saturated heterocycles. The van der Waals surface area contributed by atoms with E-state index >= 15 is 0 Å². The number of fused-ring (bicyclic) bond motifs is 4. The lowest BCUT2D eigenvalue weighted by molar-refractivity contribution is 0.320. The molecular weight excluding hydrogens is 336 g/mol. The Morgan fingerprint density at radius 3 is 2.35 bits per heavy atom. The maximum Gasteiger partial charge on any atom is 0.161 e. The molecule has 126 valence electrons. The van der Waals surface area contributed by atoms with E-state index in [1.807, 2.05) is 42.5 Å². The molecule has 1 heterocycles. The summed E-state index contributed by atoms with van der Waals surface area (Å²) in [6.07, 6.45) is 0. The molecule has 0 unspecified atom stereocenters. The van der Waals surface area contributed by atoms with Crippen molar-refractivity contribution in [2.24, 2.45) is 5.16 Å². The van der Waals surface area contributed by atoms with Gasteiger partial charge < -0.3 is 10.2 Å². The standard InChI is InChI=1S/C20H11F2N3O/c21-14-8-16-17(9-15(14)22)24-20(23-16)13-7-3-6-12-18(13)10-4-1-2-5-11(10)19(12)25-26/h1-9,26H,(H,23,24). The van der Waals surface area contributed by atoms with Crippen LogP contribution < -0.4 is 0 Å². The number of rotatable bonds is 1. The Morgan fingerprint density at radius 1 is 0.846 bits per heavy atom. The van der Waals surface area contributed by atoms with Gasteiger partial charge in [-0.15, -0.1) is 0 Å². The molecule has 1 aliphatic carbocycles. The summed E-state index contributed by atoms with van der Waals surface area (Å²) in [6.45, 7) is 0. The normalized spacial score (nSPS) is 14.0. The van der Waals surface area contributed by atoms with Crippen LogP contribution in [0.1, 0.15) is 11.1 Å². The number of H-pyrrole nitrogens is 1. The zero-order valence-corrected chi connectivity index (χ0v) is 13.3. The molecule has 0 amide bonds. The Hall–Kier alpha value is -3.54. The SMILES string of the molecule is ON=C1c2ccccc2-c2c1cccc2-c1nc2cc(F)c(F)cc2[nH]1. The first-order chi connectivity index (χ1) is 12.7. The van der Waals surface area contributed by atoms with Crippen LogP contribution in [0.2, 0.25) is 0 Å². The van der Waals surface area contributed by atoms with Gasteiger partial charge >= 0.3 is 0 Å². The molecule has 0 radical (unpaired) electrons. The molecular formula is C20H11F2N3O. The Labute approximate surface area is 146 Å². The highest BCUT2D eigenvalue weighted by atomic mass is 19.2. The third-order valence-corrected chi connectivity index (χ3v) is 4.65. The van der Waals surface area contributed by atoms with Gasteiger partial charge in [0.2, 0.25) is 0 Å². The quantitative estimate of drug-likeness (QED) is 0.341. The average Bonchev–Trinajstić information content (AvgIpc) is 3.20. The number of hydrogen-bond donors (Lipinski definition) is 2. The highest BCUT2D eigenvalue weighted by Gasteiger charge is 2.28. The minimum Gasteiger partial charge on any atom is -0.410 e. The molecule has 4 nitrogen and oxygen atoms in total. The van der Waals surface area contributed by atoms with Crippen molar-refractivity contribution in [2.75, 3.05) is 0 Å². The van der Waals surface area contributed by atoms with Gasteiger partial charge in [0.1, 0.15) is 11.5 Å². The second-order valence-corrected chi connectivity index (χ2v) is 6.09. The summed E-state index contributed by atoms with van der Waals surface area (Å²) >= 11 is 0. The fourth-order valence-electron chi connectivity index (χ4n) is 3.53. The molecule has 0 saturated carbocycles. The van der Waals surface area contributed by atoms with E-state index in [0.29, 0.717) is 22.6 Å². The number of halogens is 2. The maximum absolute atomic E-state index is 13.5. The van der Waals surface area contributed by atoms with Gasteiger partial charge in [-0.05, 0) is 5.56 Å². The van der Waals surface area contributed by atoms with E-state index in [1.54, 1.807) is 0 Å². The third-order valence-electron chi connectivity index (χ3n) is 4.65. The van der Waals surface area contributed by atoms with Crippen LogP contribution in [0.4, 0.5) is 8.78 Å². The fourth-order valence-corrected chi connectivity index (χ4v) is 3.53. The summed E-state index contributed by atoms with van der Waals surface area (Å²) in [5.74, 6) is -1.37. The number of aromatic amines is 1. The van der Waals surface area contributed by atoms with Gasteiger partial charge in [-0.1, -0.05) is 47.6 Å². The Bertz CT molecular complexity index is 1190. The molecule has 1 aromatic heterocycles. The number of benzene rings is 3. The number of aromatic nitrogens is 2. The van der Waals surface area contributed by atoms with Crippen molar-refractivity contribution in [2.45, 2.75) is 0 Å². The van der Waals surface area contributed by atoms with Gasteiger partial charge in [0.05, 0.1) is 11.0 Å². The van der Waals surface area contributed by atoms with Crippen LogP contribution in [-0.2, 0) is 0 Å². The fraction of sp³-hybridized carbons (Fsp3) is 0. The molecule has 4 aromatic rings. The van der Waals surface area contributed by atoms with Crippen molar-refractivity contribution in [1.29, 1.82) is 0 Å². The monoisotopic (exact) mass is 347 g/mol. The summed E-state index contributed by atoms with van der Waals surface area (Å²) in [5, 5.41) is 12.9. The first-order valence-corrected chi connectivity index (χ1v) is 7.97. The Balaban J connectivity index is 1.81. The highest BCUT2D eigenvalue weighted by molar-refractivity contribution is 6.26. The third kappa shape index (κ3) is 1.92. The second-order valence-electron chi connectivity index (χ2n) is 6.09. The largest absolute Gasteiger partial charge is 0.410 e. The van der Waals surface area contributed by atoms with E-state index in [9.17, 15) is 14.0 Å². The van der Waals surface area contributed by atoms with Gasteiger partial charge in [0.15, 0.2) is 11.6 Å². The zero-order valence-electron chi connectivity index (χ0n) is 13.3. The van der Waals surface area contributed by atoms with Gasteiger partial charge in [-0.3, -0.25) is 0 Å². The van der Waals surface area contributed by atoms with E-state index in [4.69, 9.17) is 0 Å². The molecule has 0 atom stereocenters. The van der Waals surface area contributed by atoms with Crippen molar-refractivity contribution < 1.29 is 14.0 Å². The van der Waals surface area contributed by atoms with Crippen molar-refractivity contribution in [3.8, 4) is 22.5 Å². The average molecular weight is 347 g/mol. The molecule has 26 heavy (non-hydrogen) atoms. The lowest BCUT2D eigenvalue weighted by Gasteiger charge is -2.06. The number of oxime groups is 1. The summed E-state index contributed by atoms with van der Waals surface area (Å²) in [5.41, 5.74) is 5.42. The Morgan fingerprint density at radius 2 is 1.54 bits per heavy atom. The van der Waals surface area contributed by atoms with Gasteiger partial charge in [-0.25, -0.2) is 13.8 Å². The summed E-state index contributed by atoms with van der Waals surface area (Å²) < 4.78 is 27.0. The molecule has 1 aliphatic rings. The molecule has 0 aliphatic heterocycles. The summed E-state index contributed by atoms with van der Waals surface area (Å²) in [7, 11) is 0. The van der Waals surface area contributed by atoms with Gasteiger partial charge in [0, 0.05) is 34.4 Å². The lowest BCUT2D eigenvalue weighted by Crippen LogP contribution is -1.97. The van der Waals surface area contributed by atoms with Crippen LogP contribution in [-0.4, -0.2) is 20.9 Å². The zero-order chi connectivity index (χ0) is 17.8. The van der Waals surface area contributed by atoms with E-state index in [-0.39, 0.29) is 0 Å². The number of nitrogens with zero attached hydrogens (tertiary/aromatic N) is 2. The van der Waals surface area contributed by atoms with Gasteiger partial charge in [0.25, 0.3) is 0 Å². The second kappa shape index (κ2) is 5.23. The van der Waals surface area contributed by atoms with Crippen LogP contribution in [0, 0.1) is 11.6 Å². The number of hydrogen-bond acceptors (Lipinski definition) is 3. The smallest absolute Gasteiger partial charge is 0.161 e. The summed E-state index contributed by atoms with van der Waals surface area (Å²) in [4.78, 5) is 7.47. The van der Waals surface area contributed by atoms with Crippen molar-refractivity contribution in [3.63, 3.8) is 0 Å². The number of nitrogens with one attached hydrogen (secondary N) is 1. The minimum absolute atomic E-state index is 0.346. The first kappa shape index (κ1) is 14.8. The number of imidazole rings is 1. The van der Waals surface area contributed by atoms with Crippen LogP contribution in [0.15, 0.2) is 59.8 Å². The van der Waals surface area contributed by atoms with Crippen molar-refractivity contribution in [1.82, 2.24) is 9.97 Å². The predicted octanol–water partition coefficient (Wildman–Crippen LogP) is 4.72. The van der Waals surface area contributed by atoms with Crippen LogP contribution >= 0.6 is 0 Å². The van der Waals surface area contributed by atoms with Crippen LogP contribution in [0.5, 0.6) is 0 Å². The van der Waals surface area contributed by atoms with Crippen LogP contribution in [0.25, 0.3) is 33.5 Å². The molecule has 6 heteroatoms.